The van der Waals surface area contributed by atoms with Crippen molar-refractivity contribution < 1.29 is 14.7 Å². The first-order chi connectivity index (χ1) is 9.90. The molecule has 1 aromatic carbocycles. The fourth-order valence-corrected chi connectivity index (χ4v) is 3.13. The normalized spacial score (nSPS) is 21.7. The van der Waals surface area contributed by atoms with Gasteiger partial charge in [-0.1, -0.05) is 50.6 Å². The molecule has 21 heavy (non-hydrogen) atoms. The van der Waals surface area contributed by atoms with Gasteiger partial charge in [-0.25, -0.2) is 4.79 Å². The van der Waals surface area contributed by atoms with Gasteiger partial charge in [-0.3, -0.25) is 4.79 Å². The maximum absolute atomic E-state index is 12.4. The van der Waals surface area contributed by atoms with E-state index in [1.54, 1.807) is 0 Å². The topological polar surface area (TPSA) is 66.4 Å². The second-order valence-electron chi connectivity index (χ2n) is 6.52. The van der Waals surface area contributed by atoms with E-state index in [0.717, 1.165) is 24.8 Å². The van der Waals surface area contributed by atoms with E-state index < -0.39 is 12.0 Å². The van der Waals surface area contributed by atoms with E-state index in [9.17, 15) is 14.7 Å². The standard InChI is InChI=1S/C17H23NO3/c1-17(2)10-6-9-13(17)15(19)18-14(16(20)21)11-12-7-4-3-5-8-12/h3-5,7-8,13-14H,6,9-11H2,1-2H3,(H,18,19)(H,20,21). The van der Waals surface area contributed by atoms with Crippen LogP contribution in [0.4, 0.5) is 0 Å². The number of benzene rings is 1. The average molecular weight is 289 g/mol. The number of hydrogen-bond acceptors (Lipinski definition) is 2. The molecule has 0 bridgehead atoms. The molecule has 1 aromatic rings. The van der Waals surface area contributed by atoms with Gasteiger partial charge in [0.2, 0.25) is 5.91 Å². The molecule has 1 saturated carbocycles. The highest BCUT2D eigenvalue weighted by molar-refractivity contribution is 5.85. The summed E-state index contributed by atoms with van der Waals surface area (Å²) in [5, 5.41) is 12.1. The minimum absolute atomic E-state index is 0.0418. The Balaban J connectivity index is 2.03. The maximum Gasteiger partial charge on any atom is 0.326 e. The molecule has 0 spiro atoms. The lowest BCUT2D eigenvalue weighted by molar-refractivity contribution is -0.143. The summed E-state index contributed by atoms with van der Waals surface area (Å²) in [5.74, 6) is -1.20. The number of aliphatic carboxylic acids is 1. The molecule has 0 saturated heterocycles. The molecule has 4 heteroatoms. The number of carboxylic acids is 1. The predicted molar refractivity (Wildman–Crippen MR) is 80.8 cm³/mol. The molecule has 1 aliphatic carbocycles. The van der Waals surface area contributed by atoms with Crippen LogP contribution >= 0.6 is 0 Å². The molecule has 2 rings (SSSR count). The van der Waals surface area contributed by atoms with Gasteiger partial charge in [0.1, 0.15) is 6.04 Å². The Morgan fingerprint density at radius 1 is 1.33 bits per heavy atom. The largest absolute Gasteiger partial charge is 0.480 e. The van der Waals surface area contributed by atoms with Gasteiger partial charge in [0.15, 0.2) is 0 Å². The third-order valence-corrected chi connectivity index (χ3v) is 4.47. The summed E-state index contributed by atoms with van der Waals surface area (Å²) in [6, 6.07) is 8.52. The quantitative estimate of drug-likeness (QED) is 0.875. The van der Waals surface area contributed by atoms with Crippen LogP contribution in [0.2, 0.25) is 0 Å². The van der Waals surface area contributed by atoms with Crippen molar-refractivity contribution in [2.75, 3.05) is 0 Å². The molecule has 4 nitrogen and oxygen atoms in total. The third kappa shape index (κ3) is 3.84. The van der Waals surface area contributed by atoms with Crippen molar-refractivity contribution in [3.05, 3.63) is 35.9 Å². The molecular weight excluding hydrogens is 266 g/mol. The van der Waals surface area contributed by atoms with Gasteiger partial charge < -0.3 is 10.4 Å². The van der Waals surface area contributed by atoms with E-state index in [0.29, 0.717) is 6.42 Å². The SMILES string of the molecule is CC1(C)CCCC1C(=O)NC(Cc1ccccc1)C(=O)O. The molecule has 114 valence electrons. The smallest absolute Gasteiger partial charge is 0.326 e. The Labute approximate surface area is 125 Å². The fourth-order valence-electron chi connectivity index (χ4n) is 3.13. The van der Waals surface area contributed by atoms with Crippen molar-refractivity contribution >= 4 is 11.9 Å². The zero-order valence-electron chi connectivity index (χ0n) is 12.6. The van der Waals surface area contributed by atoms with Crippen LogP contribution in [-0.4, -0.2) is 23.0 Å². The zero-order valence-corrected chi connectivity index (χ0v) is 12.6. The molecule has 1 aliphatic rings. The van der Waals surface area contributed by atoms with E-state index >= 15 is 0 Å². The van der Waals surface area contributed by atoms with Crippen LogP contribution in [-0.2, 0) is 16.0 Å². The number of carboxylic acid groups (broad SMARTS) is 1. The average Bonchev–Trinajstić information content (AvgIpc) is 2.78. The van der Waals surface area contributed by atoms with Gasteiger partial charge in [0, 0.05) is 12.3 Å². The van der Waals surface area contributed by atoms with Crippen LogP contribution in [0.15, 0.2) is 30.3 Å². The van der Waals surface area contributed by atoms with Gasteiger partial charge in [-0.2, -0.15) is 0 Å². The van der Waals surface area contributed by atoms with Gasteiger partial charge in [0.05, 0.1) is 0 Å². The van der Waals surface area contributed by atoms with E-state index in [-0.39, 0.29) is 17.2 Å². The third-order valence-electron chi connectivity index (χ3n) is 4.47. The minimum Gasteiger partial charge on any atom is -0.480 e. The Morgan fingerprint density at radius 2 is 2.00 bits per heavy atom. The monoisotopic (exact) mass is 289 g/mol. The van der Waals surface area contributed by atoms with Crippen molar-refractivity contribution in [2.24, 2.45) is 11.3 Å². The second-order valence-corrected chi connectivity index (χ2v) is 6.52. The van der Waals surface area contributed by atoms with Gasteiger partial charge in [-0.15, -0.1) is 0 Å². The fraction of sp³-hybridized carbons (Fsp3) is 0.529. The predicted octanol–water partition coefficient (Wildman–Crippen LogP) is 2.62. The second kappa shape index (κ2) is 6.29. The molecule has 2 unspecified atom stereocenters. The number of amides is 1. The summed E-state index contributed by atoms with van der Waals surface area (Å²) in [4.78, 5) is 23.8. The lowest BCUT2D eigenvalue weighted by Crippen LogP contribution is -2.46. The summed E-state index contributed by atoms with van der Waals surface area (Å²) < 4.78 is 0. The molecule has 2 N–H and O–H groups in total. The van der Waals surface area contributed by atoms with E-state index in [2.05, 4.69) is 19.2 Å². The number of nitrogens with one attached hydrogen (secondary N) is 1. The Morgan fingerprint density at radius 3 is 2.52 bits per heavy atom. The number of rotatable bonds is 5. The van der Waals surface area contributed by atoms with Crippen molar-refractivity contribution in [2.45, 2.75) is 45.6 Å². The number of carbonyl (C=O) groups excluding carboxylic acids is 1. The van der Waals surface area contributed by atoms with Crippen LogP contribution in [0.5, 0.6) is 0 Å². The van der Waals surface area contributed by atoms with E-state index in [1.165, 1.54) is 0 Å². The Kier molecular flexibility index (Phi) is 4.66. The van der Waals surface area contributed by atoms with E-state index in [1.807, 2.05) is 30.3 Å². The van der Waals surface area contributed by atoms with Gasteiger partial charge in [-0.05, 0) is 23.8 Å². The molecule has 1 fully saturated rings. The van der Waals surface area contributed by atoms with Crippen LogP contribution in [0.25, 0.3) is 0 Å². The number of carbonyl (C=O) groups is 2. The highest BCUT2D eigenvalue weighted by Gasteiger charge is 2.40. The van der Waals surface area contributed by atoms with Crippen LogP contribution in [0, 0.1) is 11.3 Å². The lowest BCUT2D eigenvalue weighted by Gasteiger charge is -2.27. The molecule has 0 aromatic heterocycles. The van der Waals surface area contributed by atoms with Crippen molar-refractivity contribution in [1.82, 2.24) is 5.32 Å². The minimum atomic E-state index is -0.983. The highest BCUT2D eigenvalue weighted by atomic mass is 16.4. The molecular formula is C17H23NO3. The Bertz CT molecular complexity index is 510. The zero-order chi connectivity index (χ0) is 15.5. The van der Waals surface area contributed by atoms with E-state index in [4.69, 9.17) is 0 Å². The van der Waals surface area contributed by atoms with Crippen molar-refractivity contribution in [3.8, 4) is 0 Å². The molecule has 0 aliphatic heterocycles. The van der Waals surface area contributed by atoms with Crippen LogP contribution < -0.4 is 5.32 Å². The van der Waals surface area contributed by atoms with Gasteiger partial charge >= 0.3 is 5.97 Å². The van der Waals surface area contributed by atoms with Crippen LogP contribution in [0.3, 0.4) is 0 Å². The highest BCUT2D eigenvalue weighted by Crippen LogP contribution is 2.42. The molecule has 0 heterocycles. The summed E-state index contributed by atoms with van der Waals surface area (Å²) in [5.41, 5.74) is 0.871. The first-order valence-electron chi connectivity index (χ1n) is 7.47. The lowest BCUT2D eigenvalue weighted by atomic mass is 9.81. The molecule has 0 radical (unpaired) electrons. The summed E-state index contributed by atoms with van der Waals surface area (Å²) in [7, 11) is 0. The summed E-state index contributed by atoms with van der Waals surface area (Å²) in [6.45, 7) is 4.16. The Hall–Kier alpha value is -1.84. The van der Waals surface area contributed by atoms with Gasteiger partial charge in [0.25, 0.3) is 0 Å². The van der Waals surface area contributed by atoms with Crippen molar-refractivity contribution in [3.63, 3.8) is 0 Å². The summed E-state index contributed by atoms with van der Waals surface area (Å²) >= 11 is 0. The number of hydrogen-bond donors (Lipinski definition) is 2. The van der Waals surface area contributed by atoms with Crippen LogP contribution in [0.1, 0.15) is 38.7 Å². The summed E-state index contributed by atoms with van der Waals surface area (Å²) in [6.07, 6.45) is 3.20. The maximum atomic E-state index is 12.4. The first-order valence-corrected chi connectivity index (χ1v) is 7.47. The van der Waals surface area contributed by atoms with Crippen molar-refractivity contribution in [1.29, 1.82) is 0 Å². The molecule has 2 atom stereocenters. The molecule has 1 amide bonds. The first kappa shape index (κ1) is 15.5.